The Morgan fingerprint density at radius 1 is 1.21 bits per heavy atom. The van der Waals surface area contributed by atoms with E-state index in [1.807, 2.05) is 0 Å². The minimum absolute atomic E-state index is 0.0735. The molecule has 0 saturated heterocycles. The van der Waals surface area contributed by atoms with Gasteiger partial charge in [-0.15, -0.1) is 0 Å². The highest BCUT2D eigenvalue weighted by Gasteiger charge is 2.29. The van der Waals surface area contributed by atoms with Gasteiger partial charge in [-0.2, -0.15) is 0 Å². The average Bonchev–Trinajstić information content (AvgIpc) is 3.27. The van der Waals surface area contributed by atoms with Crippen molar-refractivity contribution in [1.29, 1.82) is 0 Å². The summed E-state index contributed by atoms with van der Waals surface area (Å²) in [4.78, 5) is 24.6. The molecule has 0 unspecified atom stereocenters. The van der Waals surface area contributed by atoms with Crippen LogP contribution in [0.5, 0.6) is 0 Å². The number of nitrogens with one attached hydrogen (secondary N) is 1. The molecule has 1 saturated carbocycles. The molecule has 6 nitrogen and oxygen atoms in total. The molecule has 1 atom stereocenters. The number of esters is 1. The predicted molar refractivity (Wildman–Crippen MR) is 81.5 cm³/mol. The van der Waals surface area contributed by atoms with E-state index in [1.54, 1.807) is 0 Å². The van der Waals surface area contributed by atoms with Crippen molar-refractivity contribution in [3.8, 4) is 0 Å². The minimum Gasteiger partial charge on any atom is -0.441 e. The first-order valence-corrected chi connectivity index (χ1v) is 7.81. The third-order valence-electron chi connectivity index (χ3n) is 3.98. The van der Waals surface area contributed by atoms with Gasteiger partial charge >= 0.3 is 5.97 Å². The number of nitrogens with zero attached hydrogens (tertiary/aromatic N) is 1. The first-order valence-electron chi connectivity index (χ1n) is 7.81. The van der Waals surface area contributed by atoms with Crippen molar-refractivity contribution >= 4 is 11.9 Å². The Morgan fingerprint density at radius 3 is 2.54 bits per heavy atom. The number of rotatable bonds is 5. The summed E-state index contributed by atoms with van der Waals surface area (Å²) in [5.41, 5.74) is 0.389. The van der Waals surface area contributed by atoms with Crippen LogP contribution in [0, 0.1) is 5.82 Å². The van der Waals surface area contributed by atoms with Crippen molar-refractivity contribution in [3.63, 3.8) is 0 Å². The molecule has 1 amide bonds. The van der Waals surface area contributed by atoms with Crippen LogP contribution < -0.4 is 5.32 Å². The maximum Gasteiger partial charge on any atom is 0.378 e. The lowest BCUT2D eigenvalue weighted by Gasteiger charge is -2.20. The van der Waals surface area contributed by atoms with Gasteiger partial charge in [0.25, 0.3) is 5.91 Å². The maximum absolute atomic E-state index is 13.1. The number of ether oxygens (including phenoxy) is 1. The van der Waals surface area contributed by atoms with E-state index in [1.165, 1.54) is 36.5 Å². The molecule has 3 rings (SSSR count). The van der Waals surface area contributed by atoms with Gasteiger partial charge in [-0.1, -0.05) is 30.1 Å². The van der Waals surface area contributed by atoms with Crippen molar-refractivity contribution in [2.75, 3.05) is 0 Å². The van der Waals surface area contributed by atoms with Crippen molar-refractivity contribution in [3.05, 3.63) is 53.7 Å². The molecule has 1 aromatic heterocycles. The molecule has 1 fully saturated rings. The van der Waals surface area contributed by atoms with Gasteiger partial charge in [-0.05, 0) is 25.0 Å². The van der Waals surface area contributed by atoms with Crippen LogP contribution in [0.1, 0.15) is 47.9 Å². The topological polar surface area (TPSA) is 81.4 Å². The van der Waals surface area contributed by atoms with Crippen molar-refractivity contribution in [2.45, 2.75) is 37.8 Å². The fraction of sp³-hybridized carbons (Fsp3) is 0.353. The molecule has 126 valence electrons. The van der Waals surface area contributed by atoms with E-state index in [2.05, 4.69) is 10.5 Å². The molecule has 0 spiro atoms. The smallest absolute Gasteiger partial charge is 0.378 e. The molecular weight excluding hydrogens is 315 g/mol. The third-order valence-corrected chi connectivity index (χ3v) is 3.98. The van der Waals surface area contributed by atoms with Crippen molar-refractivity contribution in [1.82, 2.24) is 10.5 Å². The second-order valence-corrected chi connectivity index (χ2v) is 5.70. The largest absolute Gasteiger partial charge is 0.441 e. The Balaban J connectivity index is 1.78. The lowest BCUT2D eigenvalue weighted by Crippen LogP contribution is -2.38. The molecule has 1 N–H and O–H groups in total. The highest BCUT2D eigenvalue weighted by molar-refractivity contribution is 5.90. The fourth-order valence-electron chi connectivity index (χ4n) is 2.74. The molecule has 24 heavy (non-hydrogen) atoms. The van der Waals surface area contributed by atoms with Crippen LogP contribution in [0.2, 0.25) is 0 Å². The van der Waals surface area contributed by atoms with Crippen LogP contribution >= 0.6 is 0 Å². The van der Waals surface area contributed by atoms with Gasteiger partial charge in [-0.25, -0.2) is 9.18 Å². The predicted octanol–water partition coefficient (Wildman–Crippen LogP) is 2.77. The van der Waals surface area contributed by atoms with Crippen molar-refractivity contribution < 1.29 is 23.2 Å². The number of aromatic nitrogens is 1. The summed E-state index contributed by atoms with van der Waals surface area (Å²) in [6.45, 7) is 0. The van der Waals surface area contributed by atoms with E-state index in [0.29, 0.717) is 5.56 Å². The van der Waals surface area contributed by atoms with Crippen LogP contribution in [0.25, 0.3) is 0 Å². The lowest BCUT2D eigenvalue weighted by molar-refractivity contribution is -0.131. The van der Waals surface area contributed by atoms with E-state index >= 15 is 0 Å². The maximum atomic E-state index is 13.1. The molecule has 1 aliphatic carbocycles. The van der Waals surface area contributed by atoms with E-state index in [4.69, 9.17) is 9.26 Å². The molecule has 0 bridgehead atoms. The van der Waals surface area contributed by atoms with E-state index in [9.17, 15) is 14.0 Å². The van der Waals surface area contributed by atoms with Crippen LogP contribution in [-0.4, -0.2) is 23.1 Å². The SMILES string of the molecule is O=C(O[C@H](C(=O)NC1CCCC1)c1ccc(F)cc1)c1ccno1. The number of halogens is 1. The first-order chi connectivity index (χ1) is 11.6. The number of carbonyl (C=O) groups excluding carboxylic acids is 2. The van der Waals surface area contributed by atoms with Gasteiger partial charge in [0.15, 0.2) is 0 Å². The number of amides is 1. The Hall–Kier alpha value is -2.70. The normalized spacial score (nSPS) is 15.9. The Bertz CT molecular complexity index is 694. The molecule has 2 aromatic rings. The third kappa shape index (κ3) is 3.79. The molecule has 7 heteroatoms. The highest BCUT2D eigenvalue weighted by Crippen LogP contribution is 2.23. The number of hydrogen-bond donors (Lipinski definition) is 1. The second kappa shape index (κ2) is 7.25. The Kier molecular flexibility index (Phi) is 4.88. The van der Waals surface area contributed by atoms with Gasteiger partial charge in [0.05, 0.1) is 6.20 Å². The van der Waals surface area contributed by atoms with Crippen LogP contribution in [-0.2, 0) is 9.53 Å². The van der Waals surface area contributed by atoms with E-state index < -0.39 is 23.8 Å². The fourth-order valence-corrected chi connectivity index (χ4v) is 2.74. The first kappa shape index (κ1) is 16.2. The standard InChI is InChI=1S/C17H17FN2O4/c18-12-7-5-11(6-8-12)15(16(21)20-13-3-1-2-4-13)23-17(22)14-9-10-19-24-14/h5-10,13,15H,1-4H2,(H,20,21)/t15-/m0/s1. The minimum atomic E-state index is -1.18. The Labute approximate surface area is 138 Å². The molecular formula is C17H17FN2O4. The van der Waals surface area contributed by atoms with Crippen LogP contribution in [0.15, 0.2) is 41.1 Å². The van der Waals surface area contributed by atoms with Gasteiger partial charge in [0, 0.05) is 17.7 Å². The average molecular weight is 332 g/mol. The van der Waals surface area contributed by atoms with E-state index in [-0.39, 0.29) is 11.8 Å². The molecule has 1 aliphatic rings. The van der Waals surface area contributed by atoms with Crippen LogP contribution in [0.3, 0.4) is 0 Å². The van der Waals surface area contributed by atoms with Crippen LogP contribution in [0.4, 0.5) is 4.39 Å². The lowest BCUT2D eigenvalue weighted by atomic mass is 10.1. The number of benzene rings is 1. The summed E-state index contributed by atoms with van der Waals surface area (Å²) in [7, 11) is 0. The van der Waals surface area contributed by atoms with Crippen molar-refractivity contribution in [2.24, 2.45) is 0 Å². The number of hydrogen-bond acceptors (Lipinski definition) is 5. The Morgan fingerprint density at radius 2 is 1.92 bits per heavy atom. The summed E-state index contributed by atoms with van der Waals surface area (Å²) in [5.74, 6) is -1.77. The summed E-state index contributed by atoms with van der Waals surface area (Å²) in [6.07, 6.45) is 4.05. The quantitative estimate of drug-likeness (QED) is 0.852. The summed E-state index contributed by atoms with van der Waals surface area (Å²) < 4.78 is 23.2. The monoisotopic (exact) mass is 332 g/mol. The molecule has 0 aliphatic heterocycles. The second-order valence-electron chi connectivity index (χ2n) is 5.70. The zero-order valence-corrected chi connectivity index (χ0v) is 12.9. The summed E-state index contributed by atoms with van der Waals surface area (Å²) in [5, 5.41) is 6.32. The summed E-state index contributed by atoms with van der Waals surface area (Å²) in [6, 6.07) is 6.69. The van der Waals surface area contributed by atoms with Gasteiger partial charge < -0.3 is 14.6 Å². The highest BCUT2D eigenvalue weighted by atomic mass is 19.1. The molecule has 1 heterocycles. The van der Waals surface area contributed by atoms with Gasteiger partial charge in [-0.3, -0.25) is 4.79 Å². The zero-order valence-electron chi connectivity index (χ0n) is 12.9. The summed E-state index contributed by atoms with van der Waals surface area (Å²) >= 11 is 0. The number of carbonyl (C=O) groups is 2. The molecule has 0 radical (unpaired) electrons. The van der Waals surface area contributed by atoms with Gasteiger partial charge in [0.1, 0.15) is 5.82 Å². The van der Waals surface area contributed by atoms with E-state index in [0.717, 1.165) is 25.7 Å². The van der Waals surface area contributed by atoms with Gasteiger partial charge in [0.2, 0.25) is 11.9 Å². The molecule has 1 aromatic carbocycles. The zero-order chi connectivity index (χ0) is 16.9.